The summed E-state index contributed by atoms with van der Waals surface area (Å²) in [6, 6.07) is 8.31. The minimum Gasteiger partial charge on any atom is -0.350 e. The van der Waals surface area contributed by atoms with E-state index in [4.69, 9.17) is 23.2 Å². The number of aromatic nitrogens is 1. The quantitative estimate of drug-likeness (QED) is 0.777. The molecule has 2 rings (SSSR count). The summed E-state index contributed by atoms with van der Waals surface area (Å²) in [7, 11) is 0. The normalized spacial score (nSPS) is 12.9. The van der Waals surface area contributed by atoms with Gasteiger partial charge in [0.2, 0.25) is 0 Å². The molecule has 0 saturated carbocycles. The van der Waals surface area contributed by atoms with Crippen LogP contribution < -0.4 is 5.32 Å². The van der Waals surface area contributed by atoms with Crippen molar-refractivity contribution in [3.8, 4) is 0 Å². The molecular weight excluding hydrogens is 303 g/mol. The van der Waals surface area contributed by atoms with Crippen LogP contribution in [0.25, 0.3) is 0 Å². The van der Waals surface area contributed by atoms with Crippen LogP contribution in [0.1, 0.15) is 37.9 Å². The molecule has 2 nitrogen and oxygen atoms in total. The zero-order chi connectivity index (χ0) is 15.4. The van der Waals surface area contributed by atoms with Gasteiger partial charge in [0.05, 0.1) is 10.0 Å². The maximum Gasteiger partial charge on any atom is 0.0642 e. The fourth-order valence-corrected chi connectivity index (χ4v) is 2.95. The van der Waals surface area contributed by atoms with Crippen molar-refractivity contribution in [2.45, 2.75) is 33.4 Å². The molecule has 2 aromatic rings. The third-order valence-electron chi connectivity index (χ3n) is 3.61. The van der Waals surface area contributed by atoms with E-state index in [0.717, 1.165) is 18.7 Å². The molecule has 1 unspecified atom stereocenters. The standard InChI is InChI=1S/C17H22Cl2N2/c1-4-20-17(12(2)3)14-8-9-21(11-14)10-13-6-5-7-15(18)16(13)19/h5-9,11-12,17,20H,4,10H2,1-3H3. The van der Waals surface area contributed by atoms with Crippen molar-refractivity contribution in [2.75, 3.05) is 6.54 Å². The van der Waals surface area contributed by atoms with E-state index in [9.17, 15) is 0 Å². The molecule has 21 heavy (non-hydrogen) atoms. The Morgan fingerprint density at radius 2 is 1.95 bits per heavy atom. The second kappa shape index (κ2) is 7.35. The molecule has 0 amide bonds. The number of rotatable bonds is 6. The SMILES string of the molecule is CCNC(c1ccn(Cc2cccc(Cl)c2Cl)c1)C(C)C. The van der Waals surface area contributed by atoms with E-state index in [-0.39, 0.29) is 0 Å². The average Bonchev–Trinajstić information content (AvgIpc) is 2.89. The number of hydrogen-bond donors (Lipinski definition) is 1. The molecule has 1 N–H and O–H groups in total. The number of hydrogen-bond acceptors (Lipinski definition) is 1. The number of nitrogens with one attached hydrogen (secondary N) is 1. The van der Waals surface area contributed by atoms with Crippen molar-refractivity contribution >= 4 is 23.2 Å². The lowest BCUT2D eigenvalue weighted by Gasteiger charge is -2.20. The van der Waals surface area contributed by atoms with Crippen LogP contribution in [0.15, 0.2) is 36.7 Å². The average molecular weight is 325 g/mol. The van der Waals surface area contributed by atoms with Gasteiger partial charge in [-0.25, -0.2) is 0 Å². The van der Waals surface area contributed by atoms with Crippen LogP contribution in [0.3, 0.4) is 0 Å². The van der Waals surface area contributed by atoms with Crippen LogP contribution in [0.2, 0.25) is 10.0 Å². The second-order valence-corrected chi connectivity index (χ2v) is 6.39. The van der Waals surface area contributed by atoms with E-state index in [0.29, 0.717) is 22.0 Å². The Bertz CT molecular complexity index is 590. The Morgan fingerprint density at radius 1 is 1.19 bits per heavy atom. The van der Waals surface area contributed by atoms with E-state index in [2.05, 4.69) is 49.1 Å². The minimum atomic E-state index is 0.381. The Morgan fingerprint density at radius 3 is 2.62 bits per heavy atom. The molecule has 1 aromatic carbocycles. The summed E-state index contributed by atoms with van der Waals surface area (Å²) < 4.78 is 2.15. The van der Waals surface area contributed by atoms with Gasteiger partial charge in [-0.1, -0.05) is 56.1 Å². The maximum absolute atomic E-state index is 6.26. The van der Waals surface area contributed by atoms with Gasteiger partial charge in [-0.3, -0.25) is 0 Å². The number of benzene rings is 1. The molecule has 0 saturated heterocycles. The fourth-order valence-electron chi connectivity index (χ4n) is 2.57. The van der Waals surface area contributed by atoms with Gasteiger partial charge in [-0.05, 0) is 35.7 Å². The minimum absolute atomic E-state index is 0.381. The first-order valence-corrected chi connectivity index (χ1v) is 8.10. The predicted molar refractivity (Wildman–Crippen MR) is 91.3 cm³/mol. The van der Waals surface area contributed by atoms with Gasteiger partial charge in [0.1, 0.15) is 0 Å². The molecule has 0 fully saturated rings. The highest BCUT2D eigenvalue weighted by atomic mass is 35.5. The van der Waals surface area contributed by atoms with Gasteiger partial charge in [0.25, 0.3) is 0 Å². The zero-order valence-corrected chi connectivity index (χ0v) is 14.2. The van der Waals surface area contributed by atoms with Crippen LogP contribution in [0.4, 0.5) is 0 Å². The monoisotopic (exact) mass is 324 g/mol. The van der Waals surface area contributed by atoms with Crippen LogP contribution in [0.5, 0.6) is 0 Å². The summed E-state index contributed by atoms with van der Waals surface area (Å²) in [6.45, 7) is 8.31. The zero-order valence-electron chi connectivity index (χ0n) is 12.7. The maximum atomic E-state index is 6.26. The van der Waals surface area contributed by atoms with Crippen LogP contribution in [-0.2, 0) is 6.54 Å². The largest absolute Gasteiger partial charge is 0.350 e. The van der Waals surface area contributed by atoms with Gasteiger partial charge >= 0.3 is 0 Å². The summed E-state index contributed by atoms with van der Waals surface area (Å²) in [4.78, 5) is 0. The van der Waals surface area contributed by atoms with Crippen molar-refractivity contribution in [2.24, 2.45) is 5.92 Å². The van der Waals surface area contributed by atoms with Crippen molar-refractivity contribution < 1.29 is 0 Å². The molecule has 114 valence electrons. The van der Waals surface area contributed by atoms with E-state index in [1.165, 1.54) is 5.56 Å². The topological polar surface area (TPSA) is 17.0 Å². The smallest absolute Gasteiger partial charge is 0.0642 e. The number of nitrogens with zero attached hydrogens (tertiary/aromatic N) is 1. The Labute approximate surface area is 137 Å². The first-order chi connectivity index (χ1) is 10.0. The lowest BCUT2D eigenvalue weighted by molar-refractivity contribution is 0.421. The fraction of sp³-hybridized carbons (Fsp3) is 0.412. The molecular formula is C17H22Cl2N2. The van der Waals surface area contributed by atoms with Gasteiger partial charge in [0.15, 0.2) is 0 Å². The second-order valence-electron chi connectivity index (χ2n) is 5.61. The van der Waals surface area contributed by atoms with Gasteiger partial charge in [-0.15, -0.1) is 0 Å². The van der Waals surface area contributed by atoms with Crippen LogP contribution >= 0.6 is 23.2 Å². The molecule has 0 radical (unpaired) electrons. The van der Waals surface area contributed by atoms with Crippen LogP contribution in [-0.4, -0.2) is 11.1 Å². The van der Waals surface area contributed by atoms with E-state index in [1.807, 2.05) is 18.2 Å². The first kappa shape index (κ1) is 16.4. The highest BCUT2D eigenvalue weighted by Crippen LogP contribution is 2.27. The lowest BCUT2D eigenvalue weighted by atomic mass is 9.98. The molecule has 1 heterocycles. The van der Waals surface area contributed by atoms with Crippen molar-refractivity contribution in [1.82, 2.24) is 9.88 Å². The van der Waals surface area contributed by atoms with Crippen molar-refractivity contribution in [1.29, 1.82) is 0 Å². The molecule has 0 aliphatic rings. The molecule has 0 aliphatic carbocycles. The summed E-state index contributed by atoms with van der Waals surface area (Å²) in [5.74, 6) is 0.551. The summed E-state index contributed by atoms with van der Waals surface area (Å²) in [6.07, 6.45) is 4.28. The van der Waals surface area contributed by atoms with Crippen LogP contribution in [0, 0.1) is 5.92 Å². The van der Waals surface area contributed by atoms with Gasteiger partial charge < -0.3 is 9.88 Å². The molecule has 0 spiro atoms. The third kappa shape index (κ3) is 4.03. The molecule has 4 heteroatoms. The summed E-state index contributed by atoms with van der Waals surface area (Å²) in [5.41, 5.74) is 2.35. The van der Waals surface area contributed by atoms with E-state index in [1.54, 1.807) is 0 Å². The van der Waals surface area contributed by atoms with E-state index >= 15 is 0 Å². The molecule has 0 aliphatic heterocycles. The van der Waals surface area contributed by atoms with Gasteiger partial charge in [0, 0.05) is 25.0 Å². The summed E-state index contributed by atoms with van der Waals surface area (Å²) >= 11 is 12.3. The Hall–Kier alpha value is -0.960. The Kier molecular flexibility index (Phi) is 5.74. The Balaban J connectivity index is 2.18. The first-order valence-electron chi connectivity index (χ1n) is 7.34. The lowest BCUT2D eigenvalue weighted by Crippen LogP contribution is -2.25. The highest BCUT2D eigenvalue weighted by molar-refractivity contribution is 6.42. The van der Waals surface area contributed by atoms with Crippen molar-refractivity contribution in [3.05, 3.63) is 57.8 Å². The van der Waals surface area contributed by atoms with E-state index < -0.39 is 0 Å². The highest BCUT2D eigenvalue weighted by Gasteiger charge is 2.15. The molecule has 1 atom stereocenters. The van der Waals surface area contributed by atoms with Gasteiger partial charge in [-0.2, -0.15) is 0 Å². The molecule has 0 bridgehead atoms. The number of halogens is 2. The predicted octanol–water partition coefficient (Wildman–Crippen LogP) is 5.15. The molecule has 1 aromatic heterocycles. The summed E-state index contributed by atoms with van der Waals surface area (Å²) in [5, 5.41) is 4.78. The third-order valence-corrected chi connectivity index (χ3v) is 4.47. The van der Waals surface area contributed by atoms with Crippen molar-refractivity contribution in [3.63, 3.8) is 0 Å².